The predicted molar refractivity (Wildman–Crippen MR) is 117 cm³/mol. The van der Waals surface area contributed by atoms with Crippen LogP contribution in [0.2, 0.25) is 0 Å². The molecular formula is C19H35IN4O3. The largest absolute Gasteiger partial charge is 0.375 e. The molecule has 0 aromatic carbocycles. The van der Waals surface area contributed by atoms with Gasteiger partial charge >= 0.3 is 0 Å². The van der Waals surface area contributed by atoms with Crippen LogP contribution in [0.25, 0.3) is 0 Å². The molecule has 1 aliphatic carbocycles. The summed E-state index contributed by atoms with van der Waals surface area (Å²) >= 11 is 0. The van der Waals surface area contributed by atoms with Gasteiger partial charge in [0.1, 0.15) is 6.10 Å². The normalized spacial score (nSPS) is 26.7. The number of carbonyl (C=O) groups is 1. The van der Waals surface area contributed by atoms with Crippen molar-refractivity contribution in [2.75, 3.05) is 39.4 Å². The maximum atomic E-state index is 12.1. The van der Waals surface area contributed by atoms with Gasteiger partial charge < -0.3 is 25.0 Å². The number of nitrogens with zero attached hydrogens (tertiary/aromatic N) is 2. The lowest BCUT2D eigenvalue weighted by Crippen LogP contribution is -2.53. The van der Waals surface area contributed by atoms with E-state index in [0.717, 1.165) is 57.9 Å². The van der Waals surface area contributed by atoms with Gasteiger partial charge in [-0.25, -0.2) is 0 Å². The van der Waals surface area contributed by atoms with Gasteiger partial charge in [-0.2, -0.15) is 0 Å². The number of morpholine rings is 1. The molecular weight excluding hydrogens is 459 g/mol. The Labute approximate surface area is 180 Å². The van der Waals surface area contributed by atoms with Gasteiger partial charge in [0.05, 0.1) is 19.3 Å². The minimum Gasteiger partial charge on any atom is -0.375 e. The topological polar surface area (TPSA) is 75.2 Å². The van der Waals surface area contributed by atoms with Gasteiger partial charge in [0, 0.05) is 38.7 Å². The van der Waals surface area contributed by atoms with Crippen molar-refractivity contribution >= 4 is 35.8 Å². The molecule has 0 aromatic rings. The first kappa shape index (κ1) is 22.7. The molecule has 2 aliphatic heterocycles. The average molecular weight is 494 g/mol. The first-order valence-corrected chi connectivity index (χ1v) is 10.3. The number of guanidine groups is 1. The van der Waals surface area contributed by atoms with E-state index in [2.05, 4.69) is 27.4 Å². The number of halogens is 1. The standard InChI is InChI=1S/C19H34N4O3.HI/c1-2-20-19(21-10-9-18(24)22-15-6-3-4-7-15)23-11-13-26-17(14-23)16-8-5-12-25-16;/h15-17H,2-14H2,1H3,(H,20,21)(H,22,24);1H. The molecule has 3 fully saturated rings. The molecule has 2 unspecified atom stereocenters. The molecule has 3 aliphatic rings. The van der Waals surface area contributed by atoms with Crippen molar-refractivity contribution in [1.82, 2.24) is 15.5 Å². The van der Waals surface area contributed by atoms with Crippen molar-refractivity contribution < 1.29 is 14.3 Å². The SMILES string of the molecule is CCNC(=NCCC(=O)NC1CCCC1)N1CCOC(C2CCCO2)C1.I. The Morgan fingerprint density at radius 3 is 2.59 bits per heavy atom. The highest BCUT2D eigenvalue weighted by molar-refractivity contribution is 14.0. The molecule has 0 aromatic heterocycles. The number of amides is 1. The second kappa shape index (κ2) is 12.1. The zero-order valence-corrected chi connectivity index (χ0v) is 18.8. The molecule has 27 heavy (non-hydrogen) atoms. The minimum atomic E-state index is 0. The van der Waals surface area contributed by atoms with Crippen molar-refractivity contribution in [2.24, 2.45) is 4.99 Å². The fraction of sp³-hybridized carbons (Fsp3) is 0.895. The molecule has 3 rings (SSSR count). The van der Waals surface area contributed by atoms with Crippen LogP contribution in [0.3, 0.4) is 0 Å². The van der Waals surface area contributed by atoms with Crippen molar-refractivity contribution in [2.45, 2.75) is 70.1 Å². The number of aliphatic imine (C=N–C) groups is 1. The van der Waals surface area contributed by atoms with E-state index >= 15 is 0 Å². The quantitative estimate of drug-likeness (QED) is 0.335. The van der Waals surface area contributed by atoms with E-state index in [9.17, 15) is 4.79 Å². The number of nitrogens with one attached hydrogen (secondary N) is 2. The van der Waals surface area contributed by atoms with Gasteiger partial charge in [-0.15, -0.1) is 24.0 Å². The number of hydrogen-bond acceptors (Lipinski definition) is 4. The summed E-state index contributed by atoms with van der Waals surface area (Å²) < 4.78 is 11.7. The summed E-state index contributed by atoms with van der Waals surface area (Å²) in [5.41, 5.74) is 0. The summed E-state index contributed by atoms with van der Waals surface area (Å²) in [6.45, 7) is 6.55. The molecule has 0 radical (unpaired) electrons. The highest BCUT2D eigenvalue weighted by Gasteiger charge is 2.32. The van der Waals surface area contributed by atoms with Crippen LogP contribution in [0.1, 0.15) is 51.9 Å². The fourth-order valence-corrected chi connectivity index (χ4v) is 4.05. The highest BCUT2D eigenvalue weighted by atomic mass is 127. The van der Waals surface area contributed by atoms with Crippen LogP contribution in [-0.2, 0) is 14.3 Å². The van der Waals surface area contributed by atoms with Crippen LogP contribution in [0.4, 0.5) is 0 Å². The molecule has 7 nitrogen and oxygen atoms in total. The monoisotopic (exact) mass is 494 g/mol. The molecule has 8 heteroatoms. The number of rotatable bonds is 6. The predicted octanol–water partition coefficient (Wildman–Crippen LogP) is 1.90. The van der Waals surface area contributed by atoms with Crippen molar-refractivity contribution in [1.29, 1.82) is 0 Å². The molecule has 2 atom stereocenters. The van der Waals surface area contributed by atoms with Crippen molar-refractivity contribution in [3.05, 3.63) is 0 Å². The Morgan fingerprint density at radius 2 is 1.89 bits per heavy atom. The molecule has 0 bridgehead atoms. The Balaban J connectivity index is 0.00000261. The first-order chi connectivity index (χ1) is 12.8. The first-order valence-electron chi connectivity index (χ1n) is 10.3. The molecule has 2 saturated heterocycles. The third-order valence-corrected chi connectivity index (χ3v) is 5.43. The van der Waals surface area contributed by atoms with Gasteiger partial charge in [0.15, 0.2) is 5.96 Å². The van der Waals surface area contributed by atoms with Crippen LogP contribution in [0.15, 0.2) is 4.99 Å². The van der Waals surface area contributed by atoms with Crippen LogP contribution in [0, 0.1) is 0 Å². The van der Waals surface area contributed by atoms with Crippen molar-refractivity contribution in [3.63, 3.8) is 0 Å². The number of ether oxygens (including phenoxy) is 2. The lowest BCUT2D eigenvalue weighted by atomic mass is 10.1. The van der Waals surface area contributed by atoms with Gasteiger partial charge in [0.25, 0.3) is 0 Å². The summed E-state index contributed by atoms with van der Waals surface area (Å²) in [7, 11) is 0. The Kier molecular flexibility index (Phi) is 10.1. The maximum Gasteiger partial charge on any atom is 0.222 e. The van der Waals surface area contributed by atoms with Gasteiger partial charge in [-0.1, -0.05) is 12.8 Å². The molecule has 1 saturated carbocycles. The summed E-state index contributed by atoms with van der Waals surface area (Å²) in [4.78, 5) is 19.0. The maximum absolute atomic E-state index is 12.1. The van der Waals surface area contributed by atoms with Gasteiger partial charge in [-0.3, -0.25) is 9.79 Å². The van der Waals surface area contributed by atoms with Crippen LogP contribution >= 0.6 is 24.0 Å². The Hall–Kier alpha value is -0.610. The molecule has 2 N–H and O–H groups in total. The van der Waals surface area contributed by atoms with Crippen LogP contribution in [0.5, 0.6) is 0 Å². The third-order valence-electron chi connectivity index (χ3n) is 5.43. The smallest absolute Gasteiger partial charge is 0.222 e. The van der Waals surface area contributed by atoms with Crippen LogP contribution < -0.4 is 10.6 Å². The van der Waals surface area contributed by atoms with Crippen LogP contribution in [-0.4, -0.2) is 74.4 Å². The van der Waals surface area contributed by atoms with E-state index in [1.54, 1.807) is 0 Å². The molecule has 156 valence electrons. The zero-order valence-electron chi connectivity index (χ0n) is 16.5. The van der Waals surface area contributed by atoms with E-state index in [0.29, 0.717) is 25.6 Å². The molecule has 1 amide bonds. The van der Waals surface area contributed by atoms with Gasteiger partial charge in [-0.05, 0) is 32.6 Å². The second-order valence-corrected chi connectivity index (χ2v) is 7.44. The summed E-state index contributed by atoms with van der Waals surface area (Å²) in [5.74, 6) is 1.00. The lowest BCUT2D eigenvalue weighted by Gasteiger charge is -2.37. The Morgan fingerprint density at radius 1 is 1.11 bits per heavy atom. The second-order valence-electron chi connectivity index (χ2n) is 7.44. The molecule has 0 spiro atoms. The minimum absolute atomic E-state index is 0. The third kappa shape index (κ3) is 7.05. The average Bonchev–Trinajstić information content (AvgIpc) is 3.35. The van der Waals surface area contributed by atoms with E-state index in [1.807, 2.05) is 0 Å². The fourth-order valence-electron chi connectivity index (χ4n) is 4.05. The highest BCUT2D eigenvalue weighted by Crippen LogP contribution is 2.21. The van der Waals surface area contributed by atoms with E-state index in [-0.39, 0.29) is 42.1 Å². The van der Waals surface area contributed by atoms with Crippen molar-refractivity contribution in [3.8, 4) is 0 Å². The Bertz CT molecular complexity index is 480. The van der Waals surface area contributed by atoms with E-state index in [1.165, 1.54) is 12.8 Å². The number of carbonyl (C=O) groups excluding carboxylic acids is 1. The van der Waals surface area contributed by atoms with E-state index in [4.69, 9.17) is 9.47 Å². The summed E-state index contributed by atoms with van der Waals surface area (Å²) in [5, 5.41) is 6.49. The number of hydrogen-bond donors (Lipinski definition) is 2. The summed E-state index contributed by atoms with van der Waals surface area (Å²) in [6.07, 6.45) is 7.67. The summed E-state index contributed by atoms with van der Waals surface area (Å²) in [6, 6.07) is 0.381. The van der Waals surface area contributed by atoms with Gasteiger partial charge in [0.2, 0.25) is 5.91 Å². The lowest BCUT2D eigenvalue weighted by molar-refractivity contribution is -0.121. The zero-order chi connectivity index (χ0) is 18.2. The van der Waals surface area contributed by atoms with E-state index < -0.39 is 0 Å². The molecule has 2 heterocycles.